The molecule has 0 bridgehead atoms. The minimum atomic E-state index is -1.59. The quantitative estimate of drug-likeness (QED) is 0.452. The molecule has 0 N–H and O–H groups in total. The number of hydrogen-bond acceptors (Lipinski definition) is 2. The van der Waals surface area contributed by atoms with Gasteiger partial charge in [0.2, 0.25) is 0 Å². The zero-order valence-electron chi connectivity index (χ0n) is 7.85. The fourth-order valence-corrected chi connectivity index (χ4v) is 2.35. The number of terminal acetylenes is 1. The number of hydrogen-bond donors (Lipinski definition) is 0. The second-order valence-corrected chi connectivity index (χ2v) is 4.91. The second-order valence-electron chi connectivity index (χ2n) is 2.56. The van der Waals surface area contributed by atoms with Crippen LogP contribution in [0.2, 0.25) is 0 Å². The van der Waals surface area contributed by atoms with Gasteiger partial charge in [-0.05, 0) is 0 Å². The van der Waals surface area contributed by atoms with Crippen molar-refractivity contribution in [3.63, 3.8) is 0 Å². The van der Waals surface area contributed by atoms with E-state index in [1.165, 1.54) is 0 Å². The molecule has 0 amide bonds. The van der Waals surface area contributed by atoms with Gasteiger partial charge < -0.3 is 0 Å². The zero-order valence-corrected chi connectivity index (χ0v) is 9.56. The van der Waals surface area contributed by atoms with Crippen LogP contribution < -0.4 is 4.46 Å². The molecule has 1 atom stereocenters. The van der Waals surface area contributed by atoms with Crippen LogP contribution in [0, 0.1) is 12.3 Å². The van der Waals surface area contributed by atoms with Gasteiger partial charge in [-0.25, -0.2) is 0 Å². The van der Waals surface area contributed by atoms with Crippen LogP contribution in [0.1, 0.15) is 0 Å². The van der Waals surface area contributed by atoms with E-state index >= 15 is 0 Å². The molecule has 0 heterocycles. The first-order valence-electron chi connectivity index (χ1n) is 4.20. The minimum absolute atomic E-state index is 0.176. The van der Waals surface area contributed by atoms with Crippen molar-refractivity contribution < 1.29 is 13.9 Å². The molecule has 0 aliphatic rings. The number of rotatable bonds is 4. The molecular weight excluding hydrogens is 262 g/mol. The van der Waals surface area contributed by atoms with Crippen molar-refractivity contribution in [1.82, 2.24) is 0 Å². The molecular formula is C11H9FO2Se. The van der Waals surface area contributed by atoms with E-state index in [4.69, 9.17) is 6.42 Å². The third-order valence-corrected chi connectivity index (χ3v) is 3.45. The van der Waals surface area contributed by atoms with Gasteiger partial charge in [-0.1, -0.05) is 0 Å². The average Bonchev–Trinajstić information content (AvgIpc) is 2.27. The van der Waals surface area contributed by atoms with Crippen LogP contribution in [0.25, 0.3) is 0 Å². The monoisotopic (exact) mass is 272 g/mol. The van der Waals surface area contributed by atoms with Crippen molar-refractivity contribution in [2.24, 2.45) is 0 Å². The predicted molar refractivity (Wildman–Crippen MR) is 56.5 cm³/mol. The molecule has 15 heavy (non-hydrogen) atoms. The Hall–Kier alpha value is -1.30. The van der Waals surface area contributed by atoms with E-state index < -0.39 is 26.0 Å². The number of halogens is 1. The van der Waals surface area contributed by atoms with Crippen molar-refractivity contribution >= 4 is 25.4 Å². The summed E-state index contributed by atoms with van der Waals surface area (Å²) in [5.74, 6) is 1.24. The van der Waals surface area contributed by atoms with Gasteiger partial charge >= 0.3 is 93.7 Å². The first-order chi connectivity index (χ1) is 7.24. The molecule has 0 aliphatic carbocycles. The molecule has 0 fully saturated rings. The van der Waals surface area contributed by atoms with Crippen LogP contribution in [-0.2, 0) is 9.53 Å². The number of alkyl halides is 1. The summed E-state index contributed by atoms with van der Waals surface area (Å²) in [6.45, 7) is -0.176. The van der Waals surface area contributed by atoms with Crippen molar-refractivity contribution in [2.75, 3.05) is 6.61 Å². The average molecular weight is 271 g/mol. The molecule has 4 heteroatoms. The Morgan fingerprint density at radius 1 is 1.53 bits per heavy atom. The topological polar surface area (TPSA) is 26.3 Å². The standard InChI is InChI=1S/C11H9FO2Se/c1-2-8-14-11(13)10(12)15-9-6-4-3-5-7-9/h1,3-7,10H,8H2. The summed E-state index contributed by atoms with van der Waals surface area (Å²) in [6.07, 6.45) is 4.88. The summed E-state index contributed by atoms with van der Waals surface area (Å²) in [6, 6.07) is 9.00. The number of benzene rings is 1. The van der Waals surface area contributed by atoms with E-state index in [-0.39, 0.29) is 6.61 Å². The van der Waals surface area contributed by atoms with Gasteiger partial charge in [0.25, 0.3) is 0 Å². The van der Waals surface area contributed by atoms with Crippen LogP contribution in [0.4, 0.5) is 4.39 Å². The maximum absolute atomic E-state index is 13.3. The third kappa shape index (κ3) is 4.16. The molecule has 78 valence electrons. The fraction of sp³-hybridized carbons (Fsp3) is 0.182. The Morgan fingerprint density at radius 3 is 2.80 bits per heavy atom. The molecule has 1 rings (SSSR count). The number of ether oxygens (including phenoxy) is 1. The Morgan fingerprint density at radius 2 is 2.20 bits per heavy atom. The number of carbonyl (C=O) groups excluding carboxylic acids is 1. The Balaban J connectivity index is 2.46. The summed E-state index contributed by atoms with van der Waals surface area (Å²) in [7, 11) is 0. The summed E-state index contributed by atoms with van der Waals surface area (Å²) < 4.78 is 18.6. The SMILES string of the molecule is C#CCOC(=O)C(F)[Se]c1ccccc1. The van der Waals surface area contributed by atoms with Crippen molar-refractivity contribution in [1.29, 1.82) is 0 Å². The molecule has 1 aromatic carbocycles. The van der Waals surface area contributed by atoms with Crippen LogP contribution in [0.5, 0.6) is 0 Å². The number of carbonyl (C=O) groups is 1. The molecule has 2 nitrogen and oxygen atoms in total. The van der Waals surface area contributed by atoms with Gasteiger partial charge in [-0.3, -0.25) is 0 Å². The molecule has 1 aromatic rings. The predicted octanol–water partition coefficient (Wildman–Crippen LogP) is 0.488. The first-order valence-corrected chi connectivity index (χ1v) is 6.04. The van der Waals surface area contributed by atoms with E-state index in [9.17, 15) is 9.18 Å². The van der Waals surface area contributed by atoms with Gasteiger partial charge in [0.05, 0.1) is 0 Å². The van der Waals surface area contributed by atoms with Gasteiger partial charge in [0.1, 0.15) is 0 Å². The Labute approximate surface area is 94.0 Å². The van der Waals surface area contributed by atoms with E-state index in [1.807, 2.05) is 6.07 Å². The molecule has 0 saturated carbocycles. The first kappa shape index (κ1) is 11.8. The van der Waals surface area contributed by atoms with Gasteiger partial charge in [0.15, 0.2) is 0 Å². The van der Waals surface area contributed by atoms with E-state index in [1.54, 1.807) is 24.3 Å². The molecule has 0 aromatic heterocycles. The number of esters is 1. The fourth-order valence-electron chi connectivity index (χ4n) is 0.845. The molecule has 1 unspecified atom stereocenters. The van der Waals surface area contributed by atoms with Crippen LogP contribution in [-0.4, -0.2) is 32.6 Å². The molecule has 0 aliphatic heterocycles. The van der Waals surface area contributed by atoms with Gasteiger partial charge in [-0.15, -0.1) is 0 Å². The second kappa shape index (κ2) is 6.23. The Bertz CT molecular complexity index is 359. The van der Waals surface area contributed by atoms with E-state index in [0.717, 1.165) is 4.46 Å². The summed E-state index contributed by atoms with van der Waals surface area (Å²) in [5, 5.41) is -1.59. The Kier molecular flexibility index (Phi) is 4.89. The van der Waals surface area contributed by atoms with Crippen LogP contribution in [0.15, 0.2) is 30.3 Å². The summed E-state index contributed by atoms with van der Waals surface area (Å²) in [5.41, 5.74) is 0. The maximum atomic E-state index is 13.3. The summed E-state index contributed by atoms with van der Waals surface area (Å²) in [4.78, 5) is 11.0. The molecule has 0 saturated heterocycles. The van der Waals surface area contributed by atoms with Crippen molar-refractivity contribution in [3.05, 3.63) is 30.3 Å². The zero-order chi connectivity index (χ0) is 11.1. The van der Waals surface area contributed by atoms with E-state index in [2.05, 4.69) is 10.7 Å². The molecule has 0 radical (unpaired) electrons. The summed E-state index contributed by atoms with van der Waals surface area (Å²) >= 11 is -0.563. The third-order valence-electron chi connectivity index (χ3n) is 1.47. The van der Waals surface area contributed by atoms with Crippen LogP contribution in [0.3, 0.4) is 0 Å². The van der Waals surface area contributed by atoms with E-state index in [0.29, 0.717) is 0 Å². The van der Waals surface area contributed by atoms with Gasteiger partial charge in [0, 0.05) is 0 Å². The van der Waals surface area contributed by atoms with Crippen LogP contribution >= 0.6 is 0 Å². The van der Waals surface area contributed by atoms with Crippen molar-refractivity contribution in [2.45, 2.75) is 5.07 Å². The van der Waals surface area contributed by atoms with Crippen molar-refractivity contribution in [3.8, 4) is 12.3 Å². The molecule has 0 spiro atoms. The normalized spacial score (nSPS) is 11.5. The van der Waals surface area contributed by atoms with Gasteiger partial charge in [-0.2, -0.15) is 0 Å².